The van der Waals surface area contributed by atoms with Crippen molar-refractivity contribution in [1.29, 1.82) is 0 Å². The van der Waals surface area contributed by atoms with Gasteiger partial charge in [-0.05, 0) is 111 Å². The molecule has 3 amide bonds. The van der Waals surface area contributed by atoms with Gasteiger partial charge in [0.05, 0.1) is 36.1 Å². The zero-order valence-electron chi connectivity index (χ0n) is 28.7. The van der Waals surface area contributed by atoms with Crippen LogP contribution in [0.15, 0.2) is 36.4 Å². The van der Waals surface area contributed by atoms with E-state index in [-0.39, 0.29) is 54.7 Å². The molecule has 1 spiro atoms. The van der Waals surface area contributed by atoms with Gasteiger partial charge in [0.15, 0.2) is 0 Å². The van der Waals surface area contributed by atoms with Crippen molar-refractivity contribution in [3.05, 3.63) is 58.1 Å². The number of benzene rings is 2. The number of amides is 3. The smallest absolute Gasteiger partial charge is 0.416 e. The van der Waals surface area contributed by atoms with Crippen LogP contribution < -0.4 is 14.4 Å². The van der Waals surface area contributed by atoms with E-state index < -0.39 is 38.8 Å². The van der Waals surface area contributed by atoms with E-state index >= 15 is 0 Å². The molecule has 13 heteroatoms. The summed E-state index contributed by atoms with van der Waals surface area (Å²) in [4.78, 5) is 42.6. The Hall–Kier alpha value is -3.35. The second-order valence-corrected chi connectivity index (χ2v) is 17.7. The first-order chi connectivity index (χ1) is 23.8. The van der Waals surface area contributed by atoms with Crippen LogP contribution in [0.2, 0.25) is 5.02 Å². The summed E-state index contributed by atoms with van der Waals surface area (Å²) in [6, 6.07) is 11.1. The summed E-state index contributed by atoms with van der Waals surface area (Å²) in [5.41, 5.74) is 1.49. The Morgan fingerprint density at radius 2 is 1.88 bits per heavy atom. The third-order valence-electron chi connectivity index (χ3n) is 12.2. The molecular weight excluding hydrogens is 682 g/mol. The molecule has 7 rings (SSSR count). The highest BCUT2D eigenvalue weighted by molar-refractivity contribution is 7.90. The van der Waals surface area contributed by atoms with Crippen molar-refractivity contribution < 1.29 is 37.4 Å². The number of aryl methyl sites for hydroxylation is 1. The number of imide groups is 1. The number of cyclic esters (lactones) is 1. The van der Waals surface area contributed by atoms with Crippen LogP contribution in [0.1, 0.15) is 86.7 Å². The highest BCUT2D eigenvalue weighted by Crippen LogP contribution is 2.50. The van der Waals surface area contributed by atoms with Gasteiger partial charge in [-0.15, -0.1) is 0 Å². The summed E-state index contributed by atoms with van der Waals surface area (Å²) in [7, 11) is -4.04. The number of carbonyl (C=O) groups is 3. The van der Waals surface area contributed by atoms with E-state index in [0.29, 0.717) is 55.4 Å². The van der Waals surface area contributed by atoms with Crippen LogP contribution in [0, 0.1) is 17.8 Å². The number of hydrogen-bond acceptors (Lipinski definition) is 9. The minimum absolute atomic E-state index is 0.0109. The van der Waals surface area contributed by atoms with Crippen LogP contribution in [0.5, 0.6) is 5.75 Å². The molecule has 2 aliphatic carbocycles. The Labute approximate surface area is 298 Å². The molecule has 2 bridgehead atoms. The molecular formula is C37H46ClN3O8S. The Morgan fingerprint density at radius 3 is 2.62 bits per heavy atom. The van der Waals surface area contributed by atoms with Crippen LogP contribution in [0.4, 0.5) is 10.5 Å². The maximum absolute atomic E-state index is 13.5. The van der Waals surface area contributed by atoms with Crippen LogP contribution in [0.25, 0.3) is 0 Å². The van der Waals surface area contributed by atoms with E-state index in [4.69, 9.17) is 21.1 Å². The third-order valence-corrected chi connectivity index (χ3v) is 14.3. The van der Waals surface area contributed by atoms with E-state index in [2.05, 4.69) is 15.7 Å². The predicted molar refractivity (Wildman–Crippen MR) is 188 cm³/mol. The van der Waals surface area contributed by atoms with E-state index in [9.17, 15) is 27.9 Å². The van der Waals surface area contributed by atoms with Crippen LogP contribution in [-0.2, 0) is 31.4 Å². The molecule has 1 saturated heterocycles. The molecule has 3 aliphatic heterocycles. The standard InChI is InChI=1S/C37H46ClN3O8S/c1-23-5-3-14-37(45,19-33(42)41-15-16-48-35(41)44)30-10-7-27(30)20-40-21-36(13-4-6-25-17-28(38)9-11-29(25)36)22-49-32-12-8-26(18-31(32)40)34(43)39-50(46,47)24(23)2/h8-9,11-12,17-18,23-24,27,30,45H,3-7,10,13-16,19-22H2,1-2H3,(H,39,43)/t23-,24+,27-,30+,36-,37-/m0/s1. The first kappa shape index (κ1) is 35.1. The fourth-order valence-electron chi connectivity index (χ4n) is 8.97. The Morgan fingerprint density at radius 1 is 1.06 bits per heavy atom. The second kappa shape index (κ2) is 13.3. The van der Waals surface area contributed by atoms with Gasteiger partial charge >= 0.3 is 6.09 Å². The zero-order chi connectivity index (χ0) is 35.4. The van der Waals surface area contributed by atoms with Gasteiger partial charge in [0.25, 0.3) is 5.91 Å². The molecule has 2 aromatic carbocycles. The lowest BCUT2D eigenvalue weighted by molar-refractivity contribution is -0.142. The Bertz CT molecular complexity index is 1800. The minimum atomic E-state index is -4.04. The van der Waals surface area contributed by atoms with Crippen molar-refractivity contribution in [1.82, 2.24) is 9.62 Å². The maximum atomic E-state index is 13.5. The van der Waals surface area contributed by atoms with Crippen molar-refractivity contribution in [3.8, 4) is 5.75 Å². The predicted octanol–water partition coefficient (Wildman–Crippen LogP) is 5.21. The average molecular weight is 728 g/mol. The largest absolute Gasteiger partial charge is 0.490 e. The number of rotatable bonds is 2. The normalized spacial score (nSPS) is 32.5. The Kier molecular flexibility index (Phi) is 9.34. The summed E-state index contributed by atoms with van der Waals surface area (Å²) in [6.07, 6.45) is 4.59. The number of fused-ring (bicyclic) bond motifs is 4. The SMILES string of the molecule is C[C@@H]1[C@@H](C)CCC[C@](O)(CC(=O)N2CCOC2=O)[C@@H]2CC[C@H]2CN2C[C@@]3(CCCc4cc(Cl)ccc43)COc3ccc(cc32)C(=O)NS1(=O)=O. The van der Waals surface area contributed by atoms with Crippen molar-refractivity contribution in [2.24, 2.45) is 17.8 Å². The number of nitrogens with zero attached hydrogens (tertiary/aromatic N) is 2. The first-order valence-electron chi connectivity index (χ1n) is 17.8. The lowest BCUT2D eigenvalue weighted by atomic mass is 9.61. The summed E-state index contributed by atoms with van der Waals surface area (Å²) in [5, 5.41) is 12.3. The number of nitrogens with one attached hydrogen (secondary N) is 1. The maximum Gasteiger partial charge on any atom is 0.416 e. The molecule has 50 heavy (non-hydrogen) atoms. The molecule has 6 atom stereocenters. The quantitative estimate of drug-likeness (QED) is 0.427. The van der Waals surface area contributed by atoms with Gasteiger partial charge < -0.3 is 19.5 Å². The van der Waals surface area contributed by atoms with Crippen LogP contribution >= 0.6 is 11.6 Å². The molecule has 0 radical (unpaired) electrons. The fourth-order valence-corrected chi connectivity index (χ4v) is 10.5. The molecule has 2 N–H and O–H groups in total. The molecule has 5 aliphatic rings. The number of anilines is 1. The highest BCUT2D eigenvalue weighted by Gasteiger charge is 2.50. The fraction of sp³-hybridized carbons (Fsp3) is 0.595. The number of carbonyl (C=O) groups excluding carboxylic acids is 3. The van der Waals surface area contributed by atoms with Gasteiger partial charge in [0, 0.05) is 29.1 Å². The second-order valence-electron chi connectivity index (χ2n) is 15.2. The van der Waals surface area contributed by atoms with Crippen molar-refractivity contribution in [2.45, 2.75) is 87.9 Å². The van der Waals surface area contributed by atoms with E-state index in [1.165, 1.54) is 11.1 Å². The number of hydrogen-bond donors (Lipinski definition) is 2. The molecule has 1 saturated carbocycles. The van der Waals surface area contributed by atoms with Gasteiger partial charge in [0.2, 0.25) is 15.9 Å². The first-order valence-corrected chi connectivity index (χ1v) is 19.8. The average Bonchev–Trinajstić information content (AvgIpc) is 3.43. The van der Waals surface area contributed by atoms with E-state index in [1.807, 2.05) is 19.1 Å². The summed E-state index contributed by atoms with van der Waals surface area (Å²) >= 11 is 6.43. The highest BCUT2D eigenvalue weighted by atomic mass is 35.5. The molecule has 0 aromatic heterocycles. The molecule has 2 aromatic rings. The number of ether oxygens (including phenoxy) is 2. The van der Waals surface area contributed by atoms with Gasteiger partial charge in [-0.1, -0.05) is 31.0 Å². The van der Waals surface area contributed by atoms with Gasteiger partial charge in [-0.25, -0.2) is 22.8 Å². The molecule has 0 unspecified atom stereocenters. The van der Waals surface area contributed by atoms with Crippen LogP contribution in [0.3, 0.4) is 0 Å². The van der Waals surface area contributed by atoms with Gasteiger partial charge in [-0.2, -0.15) is 0 Å². The van der Waals surface area contributed by atoms with Gasteiger partial charge in [0.1, 0.15) is 12.4 Å². The Balaban J connectivity index is 1.29. The van der Waals surface area contributed by atoms with Crippen molar-refractivity contribution >= 4 is 45.2 Å². The zero-order valence-corrected chi connectivity index (χ0v) is 30.2. The lowest BCUT2D eigenvalue weighted by Crippen LogP contribution is -2.54. The van der Waals surface area contributed by atoms with Gasteiger partial charge in [-0.3, -0.25) is 9.59 Å². The van der Waals surface area contributed by atoms with Crippen LogP contribution in [-0.4, -0.2) is 80.0 Å². The minimum Gasteiger partial charge on any atom is -0.490 e. The molecule has 2 fully saturated rings. The third kappa shape index (κ3) is 6.47. The van der Waals surface area contributed by atoms with E-state index in [1.54, 1.807) is 25.1 Å². The summed E-state index contributed by atoms with van der Waals surface area (Å²) < 4.78 is 40.8. The van der Waals surface area contributed by atoms with Crippen molar-refractivity contribution in [2.75, 3.05) is 37.7 Å². The summed E-state index contributed by atoms with van der Waals surface area (Å²) in [6.45, 7) is 5.21. The molecule has 11 nitrogen and oxygen atoms in total. The number of sulfonamides is 1. The van der Waals surface area contributed by atoms with Crippen molar-refractivity contribution in [3.63, 3.8) is 0 Å². The topological polar surface area (TPSA) is 143 Å². The monoisotopic (exact) mass is 727 g/mol. The molecule has 270 valence electrons. The number of aliphatic hydroxyl groups is 1. The summed E-state index contributed by atoms with van der Waals surface area (Å²) in [5.74, 6) is -1.11. The lowest BCUT2D eigenvalue weighted by Gasteiger charge is -2.50. The number of halogens is 1. The molecule has 3 heterocycles. The van der Waals surface area contributed by atoms with E-state index in [0.717, 1.165) is 30.6 Å².